The summed E-state index contributed by atoms with van der Waals surface area (Å²) < 4.78 is 10.8. The average Bonchev–Trinajstić information content (AvgIpc) is 2.57. The number of rotatable bonds is 9. The summed E-state index contributed by atoms with van der Waals surface area (Å²) in [5, 5.41) is 9.09. The quantitative estimate of drug-likeness (QED) is 0.351. The maximum atomic E-state index is 11.5. The number of pyridine rings is 1. The summed E-state index contributed by atoms with van der Waals surface area (Å²) in [6.07, 6.45) is 3.71. The number of aliphatic imine (C=N–C) groups is 1. The van der Waals surface area contributed by atoms with Crippen molar-refractivity contribution in [3.63, 3.8) is 0 Å². The molecule has 0 aliphatic carbocycles. The van der Waals surface area contributed by atoms with Crippen LogP contribution >= 0.6 is 0 Å². The molecule has 0 saturated heterocycles. The molecule has 26 heavy (non-hydrogen) atoms. The van der Waals surface area contributed by atoms with E-state index in [1.807, 2.05) is 39.8 Å². The lowest BCUT2D eigenvalue weighted by molar-refractivity contribution is 0.0527. The summed E-state index contributed by atoms with van der Waals surface area (Å²) in [5.41, 5.74) is -0.484. The predicted octanol–water partition coefficient (Wildman–Crippen LogP) is 1.93. The molecule has 0 spiro atoms. The van der Waals surface area contributed by atoms with Crippen molar-refractivity contribution in [3.05, 3.63) is 24.5 Å². The van der Waals surface area contributed by atoms with E-state index in [4.69, 9.17) is 9.47 Å². The highest BCUT2D eigenvalue weighted by Gasteiger charge is 2.15. The van der Waals surface area contributed by atoms with Gasteiger partial charge in [0.2, 0.25) is 0 Å². The third-order valence-corrected chi connectivity index (χ3v) is 2.91. The molecule has 0 fully saturated rings. The number of carbonyl (C=O) groups is 1. The standard InChI is InChI=1S/C18H31N5O3/c1-5-20-16(22-12-13-25-15-8-6-9-19-14-15)21-10-7-11-23-17(24)26-18(2,3)4/h6,8-9,14H,5,7,10-13H2,1-4H3,(H,23,24)(H2,20,21,22). The molecule has 8 nitrogen and oxygen atoms in total. The van der Waals surface area contributed by atoms with Crippen LogP contribution < -0.4 is 20.7 Å². The van der Waals surface area contributed by atoms with Gasteiger partial charge < -0.3 is 25.4 Å². The first kappa shape index (κ1) is 21.5. The van der Waals surface area contributed by atoms with E-state index in [-0.39, 0.29) is 0 Å². The highest BCUT2D eigenvalue weighted by Crippen LogP contribution is 2.06. The molecule has 0 aromatic carbocycles. The maximum absolute atomic E-state index is 11.5. The fourth-order valence-corrected chi connectivity index (χ4v) is 1.89. The Labute approximate surface area is 155 Å². The van der Waals surface area contributed by atoms with Gasteiger partial charge in [-0.05, 0) is 46.2 Å². The van der Waals surface area contributed by atoms with Gasteiger partial charge in [-0.2, -0.15) is 0 Å². The monoisotopic (exact) mass is 365 g/mol. The first-order chi connectivity index (χ1) is 12.4. The highest BCUT2D eigenvalue weighted by molar-refractivity contribution is 5.79. The molecule has 1 rings (SSSR count). The smallest absolute Gasteiger partial charge is 0.407 e. The Balaban J connectivity index is 2.20. The lowest BCUT2D eigenvalue weighted by Crippen LogP contribution is -2.39. The molecule has 1 heterocycles. The number of ether oxygens (including phenoxy) is 2. The number of hydrogen-bond acceptors (Lipinski definition) is 5. The van der Waals surface area contributed by atoms with Crippen LogP contribution in [0.15, 0.2) is 29.5 Å². The van der Waals surface area contributed by atoms with Gasteiger partial charge >= 0.3 is 6.09 Å². The molecule has 146 valence electrons. The molecule has 1 aromatic rings. The Kier molecular flexibility index (Phi) is 9.89. The van der Waals surface area contributed by atoms with Crippen LogP contribution in [0.4, 0.5) is 4.79 Å². The zero-order valence-corrected chi connectivity index (χ0v) is 16.2. The van der Waals surface area contributed by atoms with Crippen LogP contribution in [0.25, 0.3) is 0 Å². The van der Waals surface area contributed by atoms with Gasteiger partial charge in [-0.25, -0.2) is 4.79 Å². The van der Waals surface area contributed by atoms with Crippen LogP contribution in [0.3, 0.4) is 0 Å². The zero-order chi connectivity index (χ0) is 19.3. The SMILES string of the molecule is CCNC(=NCCCNC(=O)OC(C)(C)C)NCCOc1cccnc1. The van der Waals surface area contributed by atoms with Crippen molar-refractivity contribution in [1.82, 2.24) is 20.9 Å². The minimum Gasteiger partial charge on any atom is -0.490 e. The van der Waals surface area contributed by atoms with Crippen LogP contribution in [-0.4, -0.2) is 55.4 Å². The Morgan fingerprint density at radius 1 is 1.23 bits per heavy atom. The van der Waals surface area contributed by atoms with Gasteiger partial charge in [0.15, 0.2) is 5.96 Å². The molecule has 0 radical (unpaired) electrons. The van der Waals surface area contributed by atoms with E-state index in [1.54, 1.807) is 12.4 Å². The third-order valence-electron chi connectivity index (χ3n) is 2.91. The summed E-state index contributed by atoms with van der Waals surface area (Å²) in [7, 11) is 0. The molecular formula is C18H31N5O3. The van der Waals surface area contributed by atoms with Gasteiger partial charge in [0, 0.05) is 25.8 Å². The second-order valence-electron chi connectivity index (χ2n) is 6.51. The summed E-state index contributed by atoms with van der Waals surface area (Å²) in [5.74, 6) is 1.46. The van der Waals surface area contributed by atoms with Gasteiger partial charge in [0.1, 0.15) is 18.0 Å². The molecule has 1 amide bonds. The molecular weight excluding hydrogens is 334 g/mol. The number of nitrogens with one attached hydrogen (secondary N) is 3. The molecule has 1 aromatic heterocycles. The topological polar surface area (TPSA) is 96.9 Å². The van der Waals surface area contributed by atoms with Crippen LogP contribution in [0, 0.1) is 0 Å². The lowest BCUT2D eigenvalue weighted by atomic mass is 10.2. The minimum absolute atomic E-state index is 0.404. The molecule has 0 saturated carbocycles. The second-order valence-corrected chi connectivity index (χ2v) is 6.51. The number of hydrogen-bond donors (Lipinski definition) is 3. The fourth-order valence-electron chi connectivity index (χ4n) is 1.89. The predicted molar refractivity (Wildman–Crippen MR) is 103 cm³/mol. The summed E-state index contributed by atoms with van der Waals surface area (Å²) in [6, 6.07) is 3.70. The van der Waals surface area contributed by atoms with E-state index in [0.29, 0.717) is 26.2 Å². The van der Waals surface area contributed by atoms with Crippen molar-refractivity contribution < 1.29 is 14.3 Å². The van der Waals surface area contributed by atoms with E-state index < -0.39 is 11.7 Å². The molecule has 0 aliphatic heterocycles. The van der Waals surface area contributed by atoms with E-state index >= 15 is 0 Å². The summed E-state index contributed by atoms with van der Waals surface area (Å²) >= 11 is 0. The Morgan fingerprint density at radius 2 is 2.04 bits per heavy atom. The maximum Gasteiger partial charge on any atom is 0.407 e. The molecule has 0 bridgehead atoms. The summed E-state index contributed by atoms with van der Waals surface area (Å²) in [6.45, 7) is 10.5. The van der Waals surface area contributed by atoms with E-state index in [2.05, 4.69) is 25.9 Å². The van der Waals surface area contributed by atoms with Gasteiger partial charge in [0.25, 0.3) is 0 Å². The fraction of sp³-hybridized carbons (Fsp3) is 0.611. The van der Waals surface area contributed by atoms with Crippen molar-refractivity contribution >= 4 is 12.1 Å². The van der Waals surface area contributed by atoms with Crippen molar-refractivity contribution in [2.45, 2.75) is 39.7 Å². The van der Waals surface area contributed by atoms with Crippen LogP contribution in [-0.2, 0) is 4.74 Å². The van der Waals surface area contributed by atoms with Gasteiger partial charge in [0.05, 0.1) is 12.7 Å². The number of aromatic nitrogens is 1. The average molecular weight is 365 g/mol. The minimum atomic E-state index is -0.484. The second kappa shape index (κ2) is 11.9. The number of carbonyl (C=O) groups excluding carboxylic acids is 1. The van der Waals surface area contributed by atoms with E-state index in [9.17, 15) is 4.79 Å². The molecule has 8 heteroatoms. The van der Waals surface area contributed by atoms with Crippen LogP contribution in [0.5, 0.6) is 5.75 Å². The van der Waals surface area contributed by atoms with Crippen molar-refractivity contribution in [2.24, 2.45) is 4.99 Å². The van der Waals surface area contributed by atoms with E-state index in [1.165, 1.54) is 0 Å². The Morgan fingerprint density at radius 3 is 2.69 bits per heavy atom. The summed E-state index contributed by atoms with van der Waals surface area (Å²) in [4.78, 5) is 20.0. The first-order valence-electron chi connectivity index (χ1n) is 8.92. The van der Waals surface area contributed by atoms with Crippen molar-refractivity contribution in [2.75, 3.05) is 32.8 Å². The number of amides is 1. The van der Waals surface area contributed by atoms with Crippen molar-refractivity contribution in [3.8, 4) is 5.75 Å². The highest BCUT2D eigenvalue weighted by atomic mass is 16.6. The first-order valence-corrected chi connectivity index (χ1v) is 8.92. The molecule has 0 atom stereocenters. The Bertz CT molecular complexity index is 544. The van der Waals surface area contributed by atoms with Crippen LogP contribution in [0.1, 0.15) is 34.1 Å². The zero-order valence-electron chi connectivity index (χ0n) is 16.2. The Hall–Kier alpha value is -2.51. The number of alkyl carbamates (subject to hydrolysis) is 1. The van der Waals surface area contributed by atoms with Gasteiger partial charge in [-0.3, -0.25) is 9.98 Å². The lowest BCUT2D eigenvalue weighted by Gasteiger charge is -2.19. The normalized spacial score (nSPS) is 11.6. The molecule has 0 aliphatic rings. The number of guanidine groups is 1. The molecule has 3 N–H and O–H groups in total. The van der Waals surface area contributed by atoms with Gasteiger partial charge in [-0.15, -0.1) is 0 Å². The molecule has 0 unspecified atom stereocenters. The van der Waals surface area contributed by atoms with Crippen LogP contribution in [0.2, 0.25) is 0 Å². The van der Waals surface area contributed by atoms with Gasteiger partial charge in [-0.1, -0.05) is 0 Å². The third kappa shape index (κ3) is 11.1. The largest absolute Gasteiger partial charge is 0.490 e. The van der Waals surface area contributed by atoms with E-state index in [0.717, 1.165) is 24.7 Å². The number of nitrogens with zero attached hydrogens (tertiary/aromatic N) is 2. The van der Waals surface area contributed by atoms with Crippen molar-refractivity contribution in [1.29, 1.82) is 0 Å².